The van der Waals surface area contributed by atoms with Crippen molar-refractivity contribution < 1.29 is 21.2 Å². The van der Waals surface area contributed by atoms with E-state index in [9.17, 15) is 12.3 Å². The van der Waals surface area contributed by atoms with Crippen LogP contribution in [0.5, 0.6) is 11.5 Å². The fourth-order valence-corrected chi connectivity index (χ4v) is 2.34. The molecule has 124 valence electrons. The van der Waals surface area contributed by atoms with Crippen molar-refractivity contribution in [1.29, 1.82) is 0 Å². The van der Waals surface area contributed by atoms with Crippen molar-refractivity contribution in [3.63, 3.8) is 0 Å². The molecule has 0 aliphatic heterocycles. The lowest BCUT2D eigenvalue weighted by molar-refractivity contribution is 0.306. The Labute approximate surface area is 137 Å². The second-order valence-corrected chi connectivity index (χ2v) is 5.70. The summed E-state index contributed by atoms with van der Waals surface area (Å²) in [6.45, 7) is 0.296. The second-order valence-electron chi connectivity index (χ2n) is 4.75. The molecule has 0 unspecified atom stereocenters. The van der Waals surface area contributed by atoms with Gasteiger partial charge in [0.1, 0.15) is 30.8 Å². The Morgan fingerprint density at radius 3 is 2.50 bits per heavy atom. The maximum absolute atomic E-state index is 12.4. The molecule has 1 aromatic heterocycles. The first-order valence-electron chi connectivity index (χ1n) is 6.80. The SMILES string of the molecule is O=S(=O)(F)Oc1ccc(OCc2cccc(-n3cncn3)c2)cc1. The van der Waals surface area contributed by atoms with Gasteiger partial charge in [0, 0.05) is 0 Å². The van der Waals surface area contributed by atoms with Crippen molar-refractivity contribution in [2.45, 2.75) is 6.61 Å². The zero-order chi connectivity index (χ0) is 17.0. The third kappa shape index (κ3) is 4.29. The minimum Gasteiger partial charge on any atom is -0.489 e. The van der Waals surface area contributed by atoms with Gasteiger partial charge < -0.3 is 8.92 Å². The van der Waals surface area contributed by atoms with E-state index >= 15 is 0 Å². The fraction of sp³-hybridized carbons (Fsp3) is 0.0667. The van der Waals surface area contributed by atoms with Gasteiger partial charge in [-0.3, -0.25) is 0 Å². The second kappa shape index (κ2) is 6.67. The van der Waals surface area contributed by atoms with E-state index in [2.05, 4.69) is 14.3 Å². The van der Waals surface area contributed by atoms with Crippen LogP contribution in [0.2, 0.25) is 0 Å². The normalized spacial score (nSPS) is 11.2. The van der Waals surface area contributed by atoms with Crippen molar-refractivity contribution in [3.05, 3.63) is 66.7 Å². The van der Waals surface area contributed by atoms with Crippen molar-refractivity contribution in [2.24, 2.45) is 0 Å². The van der Waals surface area contributed by atoms with Gasteiger partial charge in [-0.25, -0.2) is 9.67 Å². The summed E-state index contributed by atoms with van der Waals surface area (Å²) in [7, 11) is -5.03. The summed E-state index contributed by atoms with van der Waals surface area (Å²) in [5, 5.41) is 4.06. The third-order valence-electron chi connectivity index (χ3n) is 3.02. The number of benzene rings is 2. The van der Waals surface area contributed by atoms with Gasteiger partial charge in [-0.1, -0.05) is 16.0 Å². The molecule has 1 heterocycles. The van der Waals surface area contributed by atoms with E-state index in [-0.39, 0.29) is 5.75 Å². The van der Waals surface area contributed by atoms with Crippen LogP contribution in [0.15, 0.2) is 61.2 Å². The van der Waals surface area contributed by atoms with Gasteiger partial charge >= 0.3 is 10.5 Å². The molecule has 0 radical (unpaired) electrons. The molecule has 0 amide bonds. The Morgan fingerprint density at radius 2 is 1.83 bits per heavy atom. The Bertz CT molecular complexity index is 912. The Kier molecular flexibility index (Phi) is 4.43. The highest BCUT2D eigenvalue weighted by atomic mass is 32.3. The van der Waals surface area contributed by atoms with Gasteiger partial charge in [-0.2, -0.15) is 13.5 Å². The van der Waals surface area contributed by atoms with Crippen LogP contribution in [0.25, 0.3) is 5.69 Å². The molecule has 0 bridgehead atoms. The summed E-state index contributed by atoms with van der Waals surface area (Å²) in [5.74, 6) is 0.364. The molecule has 9 heteroatoms. The van der Waals surface area contributed by atoms with Gasteiger partial charge in [0.15, 0.2) is 0 Å². The first-order valence-corrected chi connectivity index (χ1v) is 8.11. The molecule has 0 aliphatic carbocycles. The predicted octanol–water partition coefficient (Wildman–Crippen LogP) is 2.44. The topological polar surface area (TPSA) is 83.3 Å². The van der Waals surface area contributed by atoms with E-state index in [1.54, 1.807) is 11.0 Å². The zero-order valence-corrected chi connectivity index (χ0v) is 13.1. The minimum atomic E-state index is -5.03. The molecular formula is C15H12FN3O4S. The van der Waals surface area contributed by atoms with Crippen molar-refractivity contribution >= 4 is 10.5 Å². The lowest BCUT2D eigenvalue weighted by Gasteiger charge is -2.08. The molecule has 0 spiro atoms. The summed E-state index contributed by atoms with van der Waals surface area (Å²) < 4.78 is 44.5. The van der Waals surface area contributed by atoms with Crippen LogP contribution in [0.4, 0.5) is 3.89 Å². The van der Waals surface area contributed by atoms with E-state index in [0.29, 0.717) is 12.4 Å². The number of nitrogens with zero attached hydrogens (tertiary/aromatic N) is 3. The fourth-order valence-electron chi connectivity index (χ4n) is 2.00. The van der Waals surface area contributed by atoms with E-state index < -0.39 is 10.5 Å². The number of halogens is 1. The van der Waals surface area contributed by atoms with Gasteiger partial charge in [0.25, 0.3) is 0 Å². The Morgan fingerprint density at radius 1 is 1.08 bits per heavy atom. The lowest BCUT2D eigenvalue weighted by atomic mass is 10.2. The standard InChI is InChI=1S/C15H12FN3O4S/c16-24(20,21)23-15-6-4-14(5-7-15)22-9-12-2-1-3-13(8-12)19-11-17-10-18-19/h1-8,10-11H,9H2. The van der Waals surface area contributed by atoms with Crippen LogP contribution in [0, 0.1) is 0 Å². The van der Waals surface area contributed by atoms with Gasteiger partial charge in [-0.05, 0) is 42.0 Å². The first kappa shape index (κ1) is 15.9. The highest BCUT2D eigenvalue weighted by Crippen LogP contribution is 2.20. The molecule has 0 aliphatic rings. The van der Waals surface area contributed by atoms with Crippen molar-refractivity contribution in [1.82, 2.24) is 14.8 Å². The molecule has 0 fully saturated rings. The third-order valence-corrected chi connectivity index (χ3v) is 3.41. The van der Waals surface area contributed by atoms with Crippen LogP contribution in [-0.2, 0) is 17.1 Å². The molecule has 0 saturated heterocycles. The highest BCUT2D eigenvalue weighted by Gasteiger charge is 2.09. The molecular weight excluding hydrogens is 337 g/mol. The van der Waals surface area contributed by atoms with Crippen molar-refractivity contribution in [3.8, 4) is 17.2 Å². The Balaban J connectivity index is 1.65. The molecule has 3 aromatic rings. The maximum Gasteiger partial charge on any atom is 0.488 e. The molecule has 3 rings (SSSR count). The average Bonchev–Trinajstić information content (AvgIpc) is 3.08. The van der Waals surface area contributed by atoms with Gasteiger partial charge in [-0.15, -0.1) is 0 Å². The molecule has 0 N–H and O–H groups in total. The lowest BCUT2D eigenvalue weighted by Crippen LogP contribution is -2.01. The number of hydrogen-bond donors (Lipinski definition) is 0. The smallest absolute Gasteiger partial charge is 0.488 e. The largest absolute Gasteiger partial charge is 0.489 e. The molecule has 7 nitrogen and oxygen atoms in total. The van der Waals surface area contributed by atoms with E-state index in [0.717, 1.165) is 11.3 Å². The van der Waals surface area contributed by atoms with Crippen molar-refractivity contribution in [2.75, 3.05) is 0 Å². The summed E-state index contributed by atoms with van der Waals surface area (Å²) >= 11 is 0. The number of rotatable bonds is 6. The summed E-state index contributed by atoms with van der Waals surface area (Å²) in [5.41, 5.74) is 1.76. The predicted molar refractivity (Wildman–Crippen MR) is 82.8 cm³/mol. The van der Waals surface area contributed by atoms with Crippen LogP contribution in [0.3, 0.4) is 0 Å². The number of hydrogen-bond acceptors (Lipinski definition) is 6. The van der Waals surface area contributed by atoms with Crippen LogP contribution in [-0.4, -0.2) is 23.2 Å². The monoisotopic (exact) mass is 349 g/mol. The number of ether oxygens (including phenoxy) is 1. The van der Waals surface area contributed by atoms with E-state index in [1.165, 1.54) is 30.6 Å². The molecule has 0 saturated carbocycles. The van der Waals surface area contributed by atoms with E-state index in [4.69, 9.17) is 4.74 Å². The molecule has 0 atom stereocenters. The summed E-state index contributed by atoms with van der Waals surface area (Å²) in [4.78, 5) is 3.89. The maximum atomic E-state index is 12.4. The summed E-state index contributed by atoms with van der Waals surface area (Å²) in [6.07, 6.45) is 3.04. The number of aromatic nitrogens is 3. The van der Waals surface area contributed by atoms with Crippen LogP contribution < -0.4 is 8.92 Å². The molecule has 24 heavy (non-hydrogen) atoms. The first-order chi connectivity index (χ1) is 11.5. The average molecular weight is 349 g/mol. The quantitative estimate of drug-likeness (QED) is 0.636. The summed E-state index contributed by atoms with van der Waals surface area (Å²) in [6, 6.07) is 13.1. The Hall–Kier alpha value is -2.94. The van der Waals surface area contributed by atoms with E-state index in [1.807, 2.05) is 24.3 Å². The highest BCUT2D eigenvalue weighted by molar-refractivity contribution is 7.81. The van der Waals surface area contributed by atoms with Crippen LogP contribution in [0.1, 0.15) is 5.56 Å². The minimum absolute atomic E-state index is 0.127. The molecule has 2 aromatic carbocycles. The zero-order valence-electron chi connectivity index (χ0n) is 12.2. The van der Waals surface area contributed by atoms with Crippen LogP contribution >= 0.6 is 0 Å². The van der Waals surface area contributed by atoms with Gasteiger partial charge in [0.2, 0.25) is 0 Å². The van der Waals surface area contributed by atoms with Gasteiger partial charge in [0.05, 0.1) is 5.69 Å².